The minimum absolute atomic E-state index is 0.0466. The molecule has 34 heavy (non-hydrogen) atoms. The summed E-state index contributed by atoms with van der Waals surface area (Å²) in [7, 11) is 0. The quantitative estimate of drug-likeness (QED) is 0.408. The number of aliphatic hydroxyl groups excluding tert-OH is 2. The zero-order chi connectivity index (χ0) is 24.8. The van der Waals surface area contributed by atoms with Crippen molar-refractivity contribution in [3.8, 4) is 16.9 Å². The monoisotopic (exact) mass is 465 g/mol. The van der Waals surface area contributed by atoms with Crippen LogP contribution in [0.2, 0.25) is 0 Å². The van der Waals surface area contributed by atoms with Gasteiger partial charge < -0.3 is 26.2 Å². The summed E-state index contributed by atoms with van der Waals surface area (Å²) in [5, 5.41) is 42.5. The lowest BCUT2D eigenvalue weighted by atomic mass is 9.61. The third-order valence-electron chi connectivity index (χ3n) is 6.99. The lowest BCUT2D eigenvalue weighted by Crippen LogP contribution is -2.59. The van der Waals surface area contributed by atoms with Crippen molar-refractivity contribution in [3.05, 3.63) is 58.7 Å². The summed E-state index contributed by atoms with van der Waals surface area (Å²) in [5.74, 6) is -5.31. The number of rotatable bonds is 6. The average Bonchev–Trinajstić information content (AvgIpc) is 2.77. The van der Waals surface area contributed by atoms with Crippen molar-refractivity contribution in [2.24, 2.45) is 17.6 Å². The Bertz CT molecular complexity index is 1210. The van der Waals surface area contributed by atoms with Crippen LogP contribution in [-0.2, 0) is 20.8 Å². The molecule has 0 radical (unpaired) electrons. The highest BCUT2D eigenvalue weighted by Gasteiger charge is 2.57. The lowest BCUT2D eigenvalue weighted by Gasteiger charge is -2.43. The third kappa shape index (κ3) is 3.69. The zero-order valence-electron chi connectivity index (χ0n) is 18.7. The Hall–Kier alpha value is -3.49. The fourth-order valence-corrected chi connectivity index (χ4v) is 5.32. The summed E-state index contributed by atoms with van der Waals surface area (Å²) in [6.45, 7) is 1.58. The number of benzene rings is 2. The Morgan fingerprint density at radius 1 is 1.12 bits per heavy atom. The minimum Gasteiger partial charge on any atom is -0.507 e. The van der Waals surface area contributed by atoms with Gasteiger partial charge in [0.15, 0.2) is 11.4 Å². The van der Waals surface area contributed by atoms with Crippen molar-refractivity contribution >= 4 is 23.2 Å². The van der Waals surface area contributed by atoms with Crippen LogP contribution in [0.4, 0.5) is 0 Å². The lowest BCUT2D eigenvalue weighted by molar-refractivity contribution is -0.159. The van der Waals surface area contributed by atoms with Gasteiger partial charge in [0.05, 0.1) is 12.0 Å². The van der Waals surface area contributed by atoms with Gasteiger partial charge in [0.2, 0.25) is 11.7 Å². The molecule has 178 valence electrons. The van der Waals surface area contributed by atoms with Crippen LogP contribution in [0.3, 0.4) is 0 Å². The van der Waals surface area contributed by atoms with E-state index in [2.05, 4.69) is 0 Å². The molecule has 2 aliphatic carbocycles. The van der Waals surface area contributed by atoms with Crippen LogP contribution in [0, 0.1) is 18.8 Å². The highest BCUT2D eigenvalue weighted by atomic mass is 16.3. The predicted octanol–water partition coefficient (Wildman–Crippen LogP) is 1.96. The van der Waals surface area contributed by atoms with E-state index in [9.17, 15) is 34.8 Å². The molecule has 4 rings (SSSR count). The number of primary amides is 1. The molecule has 1 amide bonds. The maximum absolute atomic E-state index is 13.5. The van der Waals surface area contributed by atoms with Crippen LogP contribution in [0.25, 0.3) is 16.9 Å². The summed E-state index contributed by atoms with van der Waals surface area (Å²) >= 11 is 0. The molecule has 8 nitrogen and oxygen atoms in total. The largest absolute Gasteiger partial charge is 0.507 e. The van der Waals surface area contributed by atoms with Crippen molar-refractivity contribution < 1.29 is 34.8 Å². The van der Waals surface area contributed by atoms with Gasteiger partial charge in [-0.1, -0.05) is 35.9 Å². The van der Waals surface area contributed by atoms with E-state index >= 15 is 0 Å². The number of hydrogen-bond acceptors (Lipinski definition) is 7. The van der Waals surface area contributed by atoms with E-state index in [0.29, 0.717) is 5.56 Å². The maximum Gasteiger partial charge on any atom is 0.225 e. The third-order valence-corrected chi connectivity index (χ3v) is 6.99. The number of Topliss-reactive ketones (excluding diaryl/α,β-unsaturated/α-hetero) is 2. The van der Waals surface area contributed by atoms with E-state index < -0.39 is 47.1 Å². The number of amides is 1. The highest BCUT2D eigenvalue weighted by molar-refractivity contribution is 6.23. The topological polar surface area (TPSA) is 158 Å². The van der Waals surface area contributed by atoms with Crippen molar-refractivity contribution in [1.82, 2.24) is 0 Å². The van der Waals surface area contributed by atoms with Gasteiger partial charge in [-0.3, -0.25) is 14.4 Å². The van der Waals surface area contributed by atoms with E-state index in [1.165, 1.54) is 6.07 Å². The van der Waals surface area contributed by atoms with Gasteiger partial charge in [-0.15, -0.1) is 0 Å². The van der Waals surface area contributed by atoms with Gasteiger partial charge in [0.25, 0.3) is 0 Å². The van der Waals surface area contributed by atoms with Crippen LogP contribution >= 0.6 is 0 Å². The maximum atomic E-state index is 13.5. The molecule has 0 aliphatic heterocycles. The number of fused-ring (bicyclic) bond motifs is 2. The average molecular weight is 466 g/mol. The molecule has 6 N–H and O–H groups in total. The first kappa shape index (κ1) is 23.7. The molecule has 0 bridgehead atoms. The molecular weight excluding hydrogens is 438 g/mol. The summed E-state index contributed by atoms with van der Waals surface area (Å²) in [4.78, 5) is 37.6. The van der Waals surface area contributed by atoms with Gasteiger partial charge in [0.1, 0.15) is 11.5 Å². The Kier molecular flexibility index (Phi) is 6.05. The first-order valence-electron chi connectivity index (χ1n) is 11.1. The zero-order valence-corrected chi connectivity index (χ0v) is 18.7. The number of carbonyl (C=O) groups is 3. The Labute approximate surface area is 196 Å². The van der Waals surface area contributed by atoms with E-state index in [0.717, 1.165) is 16.7 Å². The van der Waals surface area contributed by atoms with Gasteiger partial charge >= 0.3 is 0 Å². The van der Waals surface area contributed by atoms with Crippen molar-refractivity contribution in [2.75, 3.05) is 6.61 Å². The number of carbonyl (C=O) groups excluding carboxylic acids is 3. The van der Waals surface area contributed by atoms with E-state index in [4.69, 9.17) is 5.73 Å². The first-order valence-corrected chi connectivity index (χ1v) is 11.1. The fraction of sp³-hybridized carbons (Fsp3) is 0.346. The molecule has 8 heteroatoms. The number of nitrogens with two attached hydrogens (primary N) is 1. The molecule has 1 fully saturated rings. The number of hydrogen-bond donors (Lipinski definition) is 5. The summed E-state index contributed by atoms with van der Waals surface area (Å²) in [6.07, 6.45) is -0.494. The van der Waals surface area contributed by atoms with Gasteiger partial charge in [-0.2, -0.15) is 0 Å². The van der Waals surface area contributed by atoms with Gasteiger partial charge in [-0.05, 0) is 54.9 Å². The molecule has 0 aromatic heterocycles. The second-order valence-corrected chi connectivity index (χ2v) is 9.12. The molecule has 3 atom stereocenters. The van der Waals surface area contributed by atoms with E-state index in [-0.39, 0.29) is 42.8 Å². The Balaban J connectivity index is 1.88. The van der Waals surface area contributed by atoms with Crippen LogP contribution in [0.15, 0.2) is 42.0 Å². The second kappa shape index (κ2) is 8.70. The number of phenolic OH excluding ortho intramolecular Hbond substituents is 1. The number of aromatic hydroxyl groups is 1. The molecular formula is C26H27NO7. The van der Waals surface area contributed by atoms with Crippen LogP contribution < -0.4 is 5.73 Å². The molecule has 1 saturated carbocycles. The van der Waals surface area contributed by atoms with Gasteiger partial charge in [-0.25, -0.2) is 0 Å². The van der Waals surface area contributed by atoms with Crippen molar-refractivity contribution in [1.29, 1.82) is 0 Å². The van der Waals surface area contributed by atoms with Crippen LogP contribution in [-0.4, -0.2) is 50.1 Å². The summed E-state index contributed by atoms with van der Waals surface area (Å²) in [5.41, 5.74) is 5.84. The normalized spacial score (nSPS) is 23.9. The molecule has 2 aliphatic rings. The summed E-state index contributed by atoms with van der Waals surface area (Å²) in [6, 6.07) is 10.9. The number of ketones is 2. The van der Waals surface area contributed by atoms with E-state index in [1.807, 2.05) is 31.2 Å². The first-order chi connectivity index (χ1) is 16.1. The molecule has 0 unspecified atom stereocenters. The SMILES string of the molecule is Cc1ccc(-c2ccc(O)c3c2C[C@H]2C[C@@H](CCO)[C@@](O)(C(=O)CC(N)=O)C(=O)C2=C3O)cc1. The number of aryl methyl sites for hydroxylation is 1. The fourth-order valence-electron chi connectivity index (χ4n) is 5.32. The molecule has 2 aromatic rings. The molecule has 2 aromatic carbocycles. The Morgan fingerprint density at radius 2 is 1.79 bits per heavy atom. The van der Waals surface area contributed by atoms with Crippen LogP contribution in [0.1, 0.15) is 36.0 Å². The second-order valence-electron chi connectivity index (χ2n) is 9.12. The standard InChI is InChI=1S/C26H27NO7/c1-13-2-4-14(5-3-13)17-6-7-19(29)23-18(17)11-15-10-16(8-9-28)26(34,20(30)12-21(27)31)25(33)22(15)24(23)32/h2-7,15-16,28-29,32,34H,8-12H2,1H3,(H2,27,31)/t15-,16-,26-/m1/s1. The molecule has 0 heterocycles. The molecule has 0 saturated heterocycles. The van der Waals surface area contributed by atoms with Crippen molar-refractivity contribution in [3.63, 3.8) is 0 Å². The van der Waals surface area contributed by atoms with Gasteiger partial charge in [0, 0.05) is 18.1 Å². The predicted molar refractivity (Wildman–Crippen MR) is 124 cm³/mol. The minimum atomic E-state index is -2.60. The van der Waals surface area contributed by atoms with E-state index in [1.54, 1.807) is 6.07 Å². The number of phenols is 1. The van der Waals surface area contributed by atoms with Crippen LogP contribution in [0.5, 0.6) is 5.75 Å². The highest BCUT2D eigenvalue weighted by Crippen LogP contribution is 2.50. The Morgan fingerprint density at radius 3 is 2.41 bits per heavy atom. The smallest absolute Gasteiger partial charge is 0.225 e. The molecule has 0 spiro atoms. The summed E-state index contributed by atoms with van der Waals surface area (Å²) < 4.78 is 0. The van der Waals surface area contributed by atoms with Crippen molar-refractivity contribution in [2.45, 2.75) is 38.2 Å². The number of aliphatic hydroxyl groups is 3.